The van der Waals surface area contributed by atoms with Crippen LogP contribution in [0, 0.1) is 0 Å². The summed E-state index contributed by atoms with van der Waals surface area (Å²) in [5, 5.41) is 2.49. The lowest BCUT2D eigenvalue weighted by atomic mass is 9.97. The lowest BCUT2D eigenvalue weighted by Crippen LogP contribution is -2.06. The molecule has 1 nitrogen and oxygen atoms in total. The number of hydrogen-bond donors (Lipinski definition) is 0. The summed E-state index contributed by atoms with van der Waals surface area (Å²) >= 11 is 4.59. The van der Waals surface area contributed by atoms with E-state index in [4.69, 9.17) is 0 Å². The fraction of sp³-hybridized carbons (Fsp3) is 0.889. The van der Waals surface area contributed by atoms with Gasteiger partial charge in [-0.25, -0.2) is 4.99 Å². The molecule has 0 saturated heterocycles. The van der Waals surface area contributed by atoms with Crippen molar-refractivity contribution in [3.8, 4) is 0 Å². The maximum absolute atomic E-state index is 4.59. The van der Waals surface area contributed by atoms with Gasteiger partial charge in [-0.1, -0.05) is 32.1 Å². The second kappa shape index (κ2) is 5.45. The smallest absolute Gasteiger partial charge is 0.0602 e. The quantitative estimate of drug-likeness (QED) is 0.434. The van der Waals surface area contributed by atoms with Crippen molar-refractivity contribution in [1.29, 1.82) is 0 Å². The Labute approximate surface area is 73.9 Å². The van der Waals surface area contributed by atoms with Crippen molar-refractivity contribution in [1.82, 2.24) is 0 Å². The molecular weight excluding hydrogens is 154 g/mol. The topological polar surface area (TPSA) is 12.4 Å². The van der Waals surface area contributed by atoms with Crippen LogP contribution >= 0.6 is 12.2 Å². The third kappa shape index (κ3) is 3.64. The van der Waals surface area contributed by atoms with Crippen molar-refractivity contribution in [3.63, 3.8) is 0 Å². The largest absolute Gasteiger partial charge is 0.229 e. The van der Waals surface area contributed by atoms with Crippen LogP contribution in [-0.2, 0) is 0 Å². The molecule has 0 bridgehead atoms. The highest BCUT2D eigenvalue weighted by Gasteiger charge is 2.08. The van der Waals surface area contributed by atoms with E-state index in [0.29, 0.717) is 6.04 Å². The molecule has 0 amide bonds. The summed E-state index contributed by atoms with van der Waals surface area (Å²) in [5.74, 6) is 0. The molecule has 0 radical (unpaired) electrons. The maximum Gasteiger partial charge on any atom is 0.0602 e. The number of hydrogen-bond acceptors (Lipinski definition) is 2. The molecule has 0 heterocycles. The fourth-order valence-electron chi connectivity index (χ4n) is 1.64. The Balaban J connectivity index is 2.31. The van der Waals surface area contributed by atoms with Gasteiger partial charge in [0.1, 0.15) is 0 Å². The van der Waals surface area contributed by atoms with Crippen LogP contribution in [0.3, 0.4) is 0 Å². The van der Waals surface area contributed by atoms with Crippen molar-refractivity contribution in [3.05, 3.63) is 0 Å². The van der Waals surface area contributed by atoms with E-state index in [9.17, 15) is 0 Å². The Morgan fingerprint density at radius 1 is 1.00 bits per heavy atom. The summed E-state index contributed by atoms with van der Waals surface area (Å²) in [4.78, 5) is 4.15. The van der Waals surface area contributed by atoms with Gasteiger partial charge >= 0.3 is 0 Å². The highest BCUT2D eigenvalue weighted by atomic mass is 32.1. The van der Waals surface area contributed by atoms with Gasteiger partial charge in [0.25, 0.3) is 0 Å². The normalized spacial score (nSPS) is 21.5. The monoisotopic (exact) mass is 169 g/mol. The average molecular weight is 169 g/mol. The van der Waals surface area contributed by atoms with Gasteiger partial charge in [-0.2, -0.15) is 0 Å². The second-order valence-corrected chi connectivity index (χ2v) is 3.40. The Kier molecular flexibility index (Phi) is 4.41. The molecule has 0 aromatic rings. The van der Waals surface area contributed by atoms with Crippen LogP contribution in [0.2, 0.25) is 0 Å². The second-order valence-electron chi connectivity index (χ2n) is 3.22. The van der Waals surface area contributed by atoms with Gasteiger partial charge in [0.2, 0.25) is 0 Å². The molecular formula is C9H15NS. The summed E-state index contributed by atoms with van der Waals surface area (Å²) in [6.07, 6.45) is 9.27. The Hall–Kier alpha value is -0.200. The molecule has 0 spiro atoms. The number of thiocarbonyl (C=S) groups is 1. The molecule has 1 aliphatic rings. The molecule has 0 N–H and O–H groups in total. The third-order valence-corrected chi connectivity index (χ3v) is 2.42. The highest BCUT2D eigenvalue weighted by Crippen LogP contribution is 2.18. The molecule has 1 rings (SSSR count). The first-order valence-electron chi connectivity index (χ1n) is 4.50. The predicted octanol–water partition coefficient (Wildman–Crippen LogP) is 3.20. The van der Waals surface area contributed by atoms with E-state index in [0.717, 1.165) is 0 Å². The standard InChI is InChI=1S/C9H15NS/c11-8-10-9-6-4-2-1-3-5-7-9/h9H,1-7H2. The molecule has 2 heteroatoms. The van der Waals surface area contributed by atoms with Crippen LogP contribution in [0.25, 0.3) is 0 Å². The highest BCUT2D eigenvalue weighted by molar-refractivity contribution is 7.78. The fourth-order valence-corrected chi connectivity index (χ4v) is 1.79. The number of aliphatic imine (C=N–C) groups is 1. The number of isothiocyanates is 1. The van der Waals surface area contributed by atoms with Crippen molar-refractivity contribution in [2.45, 2.75) is 51.0 Å². The van der Waals surface area contributed by atoms with Crippen LogP contribution in [0.1, 0.15) is 44.9 Å². The van der Waals surface area contributed by atoms with E-state index >= 15 is 0 Å². The van der Waals surface area contributed by atoms with E-state index in [1.807, 2.05) is 0 Å². The molecule has 0 atom stereocenters. The van der Waals surface area contributed by atoms with E-state index in [2.05, 4.69) is 22.4 Å². The Morgan fingerprint density at radius 2 is 1.55 bits per heavy atom. The van der Waals surface area contributed by atoms with Crippen molar-refractivity contribution in [2.24, 2.45) is 4.99 Å². The summed E-state index contributed by atoms with van der Waals surface area (Å²) in [6.45, 7) is 0. The zero-order valence-electron chi connectivity index (χ0n) is 6.88. The minimum atomic E-state index is 0.493. The van der Waals surface area contributed by atoms with Gasteiger partial charge in [0, 0.05) is 0 Å². The lowest BCUT2D eigenvalue weighted by molar-refractivity contribution is 0.456. The van der Waals surface area contributed by atoms with Gasteiger partial charge in [-0.3, -0.25) is 0 Å². The molecule has 0 aliphatic heterocycles. The molecule has 1 saturated carbocycles. The molecule has 1 aliphatic carbocycles. The van der Waals surface area contributed by atoms with E-state index in [-0.39, 0.29) is 0 Å². The SMILES string of the molecule is S=C=NC1CCCCCCC1. The van der Waals surface area contributed by atoms with Gasteiger partial charge in [0.05, 0.1) is 11.2 Å². The molecule has 1 fully saturated rings. The number of nitrogens with zero attached hydrogens (tertiary/aromatic N) is 1. The zero-order chi connectivity index (χ0) is 7.94. The maximum atomic E-state index is 4.59. The van der Waals surface area contributed by atoms with Gasteiger partial charge in [0.15, 0.2) is 0 Å². The minimum Gasteiger partial charge on any atom is -0.229 e. The van der Waals surface area contributed by atoms with E-state index < -0.39 is 0 Å². The van der Waals surface area contributed by atoms with Crippen molar-refractivity contribution < 1.29 is 0 Å². The third-order valence-electron chi connectivity index (χ3n) is 2.31. The van der Waals surface area contributed by atoms with Crippen LogP contribution in [0.15, 0.2) is 4.99 Å². The van der Waals surface area contributed by atoms with Crippen LogP contribution in [0.5, 0.6) is 0 Å². The summed E-state index contributed by atoms with van der Waals surface area (Å²) in [7, 11) is 0. The summed E-state index contributed by atoms with van der Waals surface area (Å²) < 4.78 is 0. The van der Waals surface area contributed by atoms with Crippen LogP contribution < -0.4 is 0 Å². The minimum absolute atomic E-state index is 0.493. The van der Waals surface area contributed by atoms with Crippen molar-refractivity contribution >= 4 is 17.4 Å². The van der Waals surface area contributed by atoms with Crippen molar-refractivity contribution in [2.75, 3.05) is 0 Å². The molecule has 0 aromatic heterocycles. The first-order valence-corrected chi connectivity index (χ1v) is 4.91. The van der Waals surface area contributed by atoms with Gasteiger partial charge < -0.3 is 0 Å². The summed E-state index contributed by atoms with van der Waals surface area (Å²) in [5.41, 5.74) is 0. The molecule has 11 heavy (non-hydrogen) atoms. The zero-order valence-corrected chi connectivity index (χ0v) is 7.70. The first kappa shape index (κ1) is 8.89. The predicted molar refractivity (Wildman–Crippen MR) is 51.1 cm³/mol. The Morgan fingerprint density at radius 3 is 2.09 bits per heavy atom. The van der Waals surface area contributed by atoms with Gasteiger partial charge in [-0.05, 0) is 25.1 Å². The van der Waals surface area contributed by atoms with Gasteiger partial charge in [-0.15, -0.1) is 0 Å². The van der Waals surface area contributed by atoms with Crippen LogP contribution in [-0.4, -0.2) is 11.2 Å². The average Bonchev–Trinajstić information content (AvgIpc) is 1.94. The van der Waals surface area contributed by atoms with E-state index in [1.54, 1.807) is 0 Å². The Bertz CT molecular complexity index is 142. The van der Waals surface area contributed by atoms with E-state index in [1.165, 1.54) is 44.9 Å². The number of rotatable bonds is 1. The van der Waals surface area contributed by atoms with Crippen LogP contribution in [0.4, 0.5) is 0 Å². The lowest BCUT2D eigenvalue weighted by Gasteiger charge is -2.13. The summed E-state index contributed by atoms with van der Waals surface area (Å²) in [6, 6.07) is 0.493. The molecule has 0 aromatic carbocycles. The molecule has 62 valence electrons. The first-order chi connectivity index (χ1) is 5.43. The molecule has 0 unspecified atom stereocenters.